The quantitative estimate of drug-likeness (QED) is 0.375. The average Bonchev–Trinajstić information content (AvgIpc) is 3.24. The van der Waals surface area contributed by atoms with E-state index in [2.05, 4.69) is 82.3 Å². The van der Waals surface area contributed by atoms with E-state index in [1.54, 1.807) is 0 Å². The highest BCUT2D eigenvalue weighted by molar-refractivity contribution is 6.13. The number of pyridine rings is 1. The van der Waals surface area contributed by atoms with E-state index in [9.17, 15) is 0 Å². The number of rotatable bonds is 1. The third kappa shape index (κ3) is 1.73. The van der Waals surface area contributed by atoms with Crippen LogP contribution in [0.15, 0.2) is 85.1 Å². The summed E-state index contributed by atoms with van der Waals surface area (Å²) in [5, 5.41) is 2.68. The van der Waals surface area contributed by atoms with E-state index in [-0.39, 0.29) is 0 Å². The van der Waals surface area contributed by atoms with Crippen molar-refractivity contribution in [1.29, 1.82) is 0 Å². The van der Waals surface area contributed by atoms with Crippen molar-refractivity contribution in [2.45, 2.75) is 6.42 Å². The molecule has 0 saturated carbocycles. The van der Waals surface area contributed by atoms with Gasteiger partial charge in [-0.2, -0.15) is 0 Å². The van der Waals surface area contributed by atoms with Crippen molar-refractivity contribution in [1.82, 2.24) is 9.55 Å². The fraction of sp³-hybridized carbons (Fsp3) is 0.0417. The van der Waals surface area contributed by atoms with Gasteiger partial charge in [0.15, 0.2) is 0 Å². The minimum atomic E-state index is 0.957. The number of nitrogens with zero attached hydrogens (tertiary/aromatic N) is 2. The average molecular weight is 332 g/mol. The van der Waals surface area contributed by atoms with Crippen molar-refractivity contribution in [2.75, 3.05) is 0 Å². The molecule has 0 radical (unpaired) electrons. The number of hydrogen-bond acceptors (Lipinski definition) is 1. The maximum atomic E-state index is 4.65. The molecule has 3 aromatic carbocycles. The molecule has 0 saturated heterocycles. The first-order chi connectivity index (χ1) is 12.9. The van der Waals surface area contributed by atoms with Gasteiger partial charge in [0.05, 0.1) is 16.7 Å². The Morgan fingerprint density at radius 2 is 1.58 bits per heavy atom. The molecule has 0 amide bonds. The molecule has 2 heterocycles. The standard InChI is InChI=1S/C24H16N2/c1-2-8-17(9-3-1)26-21-11-5-4-10-19(21)23-20-15-16-7-6-14-25-24(16)18(20)12-13-22(23)26/h1-14H,15H2. The first-order valence-electron chi connectivity index (χ1n) is 8.96. The Morgan fingerprint density at radius 3 is 2.50 bits per heavy atom. The third-order valence-corrected chi connectivity index (χ3v) is 5.47. The summed E-state index contributed by atoms with van der Waals surface area (Å²) >= 11 is 0. The normalized spacial score (nSPS) is 12.5. The molecule has 2 nitrogen and oxygen atoms in total. The molecule has 0 N–H and O–H groups in total. The van der Waals surface area contributed by atoms with Gasteiger partial charge in [-0.25, -0.2) is 0 Å². The summed E-state index contributed by atoms with van der Waals surface area (Å²) in [6, 6.07) is 28.1. The predicted molar refractivity (Wildman–Crippen MR) is 107 cm³/mol. The Morgan fingerprint density at radius 1 is 0.731 bits per heavy atom. The molecular weight excluding hydrogens is 316 g/mol. The van der Waals surface area contributed by atoms with Crippen LogP contribution in [0.1, 0.15) is 11.1 Å². The van der Waals surface area contributed by atoms with E-state index in [1.165, 1.54) is 44.2 Å². The molecule has 0 spiro atoms. The Balaban J connectivity index is 1.78. The fourth-order valence-electron chi connectivity index (χ4n) is 4.41. The zero-order chi connectivity index (χ0) is 17.1. The number of fused-ring (bicyclic) bond motifs is 7. The number of para-hydroxylation sites is 2. The summed E-state index contributed by atoms with van der Waals surface area (Å²) in [6.07, 6.45) is 2.85. The van der Waals surface area contributed by atoms with Crippen LogP contribution in [0.5, 0.6) is 0 Å². The maximum Gasteiger partial charge on any atom is 0.0740 e. The van der Waals surface area contributed by atoms with Crippen molar-refractivity contribution in [2.24, 2.45) is 0 Å². The van der Waals surface area contributed by atoms with Crippen molar-refractivity contribution in [3.8, 4) is 16.9 Å². The van der Waals surface area contributed by atoms with Crippen LogP contribution in [0.2, 0.25) is 0 Å². The van der Waals surface area contributed by atoms with Gasteiger partial charge in [-0.1, -0.05) is 48.5 Å². The smallest absolute Gasteiger partial charge is 0.0740 e. The largest absolute Gasteiger partial charge is 0.309 e. The van der Waals surface area contributed by atoms with Crippen LogP contribution in [0, 0.1) is 0 Å². The van der Waals surface area contributed by atoms with Gasteiger partial charge in [0.25, 0.3) is 0 Å². The molecule has 1 aliphatic carbocycles. The van der Waals surface area contributed by atoms with E-state index in [4.69, 9.17) is 0 Å². The number of benzene rings is 3. The van der Waals surface area contributed by atoms with Gasteiger partial charge in [-0.15, -0.1) is 0 Å². The molecule has 2 aromatic heterocycles. The third-order valence-electron chi connectivity index (χ3n) is 5.47. The highest BCUT2D eigenvalue weighted by Crippen LogP contribution is 2.43. The van der Waals surface area contributed by atoms with E-state index < -0.39 is 0 Å². The molecule has 1 aliphatic rings. The van der Waals surface area contributed by atoms with E-state index in [1.807, 2.05) is 12.3 Å². The van der Waals surface area contributed by atoms with Crippen LogP contribution in [0.25, 0.3) is 38.8 Å². The lowest BCUT2D eigenvalue weighted by molar-refractivity contribution is 1.18. The zero-order valence-corrected chi connectivity index (χ0v) is 14.2. The van der Waals surface area contributed by atoms with Crippen LogP contribution in [-0.4, -0.2) is 9.55 Å². The van der Waals surface area contributed by atoms with E-state index in [0.29, 0.717) is 0 Å². The highest BCUT2D eigenvalue weighted by Gasteiger charge is 2.24. The van der Waals surface area contributed by atoms with Crippen molar-refractivity contribution in [3.63, 3.8) is 0 Å². The molecule has 0 fully saturated rings. The highest BCUT2D eigenvalue weighted by atomic mass is 15.0. The summed E-state index contributed by atoms with van der Waals surface area (Å²) in [5.74, 6) is 0. The number of aromatic nitrogens is 2. The SMILES string of the molecule is c1ccc(-n2c3ccccc3c3c4c(ccc32)-c2ncccc2C4)cc1. The molecule has 0 bridgehead atoms. The lowest BCUT2D eigenvalue weighted by atomic mass is 10.0. The van der Waals surface area contributed by atoms with Gasteiger partial charge in [0.1, 0.15) is 0 Å². The summed E-state index contributed by atoms with van der Waals surface area (Å²) in [6.45, 7) is 0. The van der Waals surface area contributed by atoms with Crippen molar-refractivity contribution >= 4 is 21.8 Å². The van der Waals surface area contributed by atoms with Crippen molar-refractivity contribution < 1.29 is 0 Å². The van der Waals surface area contributed by atoms with Crippen LogP contribution in [0.4, 0.5) is 0 Å². The summed E-state index contributed by atoms with van der Waals surface area (Å²) in [4.78, 5) is 4.65. The zero-order valence-electron chi connectivity index (χ0n) is 14.2. The molecule has 0 unspecified atom stereocenters. The summed E-state index contributed by atoms with van der Waals surface area (Å²) in [7, 11) is 0. The summed E-state index contributed by atoms with van der Waals surface area (Å²) < 4.78 is 2.38. The van der Waals surface area contributed by atoms with Gasteiger partial charge in [0, 0.05) is 34.6 Å². The molecule has 122 valence electrons. The second-order valence-corrected chi connectivity index (χ2v) is 6.86. The van der Waals surface area contributed by atoms with Crippen LogP contribution < -0.4 is 0 Å². The molecule has 6 rings (SSSR count). The molecule has 5 aromatic rings. The molecule has 26 heavy (non-hydrogen) atoms. The minimum Gasteiger partial charge on any atom is -0.309 e. The fourth-order valence-corrected chi connectivity index (χ4v) is 4.41. The first kappa shape index (κ1) is 13.9. The summed E-state index contributed by atoms with van der Waals surface area (Å²) in [5.41, 5.74) is 8.88. The Labute approximate surface area is 151 Å². The monoisotopic (exact) mass is 332 g/mol. The predicted octanol–water partition coefficient (Wildman–Crippen LogP) is 5.75. The first-order valence-corrected chi connectivity index (χ1v) is 8.96. The second-order valence-electron chi connectivity index (χ2n) is 6.86. The van der Waals surface area contributed by atoms with Gasteiger partial charge < -0.3 is 4.57 Å². The Bertz CT molecular complexity index is 1300. The van der Waals surface area contributed by atoms with Crippen LogP contribution >= 0.6 is 0 Å². The topological polar surface area (TPSA) is 17.8 Å². The van der Waals surface area contributed by atoms with Gasteiger partial charge in [-0.05, 0) is 41.5 Å². The molecule has 2 heteroatoms. The van der Waals surface area contributed by atoms with E-state index >= 15 is 0 Å². The van der Waals surface area contributed by atoms with Gasteiger partial charge in [0.2, 0.25) is 0 Å². The maximum absolute atomic E-state index is 4.65. The van der Waals surface area contributed by atoms with Crippen LogP contribution in [0.3, 0.4) is 0 Å². The molecule has 0 atom stereocenters. The van der Waals surface area contributed by atoms with E-state index in [0.717, 1.165) is 12.1 Å². The van der Waals surface area contributed by atoms with Crippen molar-refractivity contribution in [3.05, 3.63) is 96.2 Å². The number of hydrogen-bond donors (Lipinski definition) is 0. The van der Waals surface area contributed by atoms with Crippen LogP contribution in [-0.2, 0) is 6.42 Å². The molecule has 0 aliphatic heterocycles. The lowest BCUT2D eigenvalue weighted by Crippen LogP contribution is -1.93. The lowest BCUT2D eigenvalue weighted by Gasteiger charge is -2.08. The molecular formula is C24H16N2. The Kier molecular flexibility index (Phi) is 2.69. The Hall–Kier alpha value is -3.39. The van der Waals surface area contributed by atoms with Gasteiger partial charge in [-0.3, -0.25) is 4.98 Å². The minimum absolute atomic E-state index is 0.957. The van der Waals surface area contributed by atoms with Gasteiger partial charge >= 0.3 is 0 Å². The second kappa shape index (κ2) is 5.06.